The first kappa shape index (κ1) is 14.4. The van der Waals surface area contributed by atoms with E-state index in [1.807, 2.05) is 18.7 Å². The topological polar surface area (TPSA) is 93.4 Å². The van der Waals surface area contributed by atoms with Crippen LogP contribution in [0.5, 0.6) is 0 Å². The van der Waals surface area contributed by atoms with E-state index in [4.69, 9.17) is 4.74 Å². The van der Waals surface area contributed by atoms with Crippen molar-refractivity contribution < 1.29 is 9.66 Å². The SMILES string of the molecule is CCNc1ncc([N+](=O)[O-])c(N2CCCOC(C)C2)n1. The summed E-state index contributed by atoms with van der Waals surface area (Å²) in [6.07, 6.45) is 2.10. The normalized spacial score (nSPS) is 19.5. The van der Waals surface area contributed by atoms with Gasteiger partial charge in [0.05, 0.1) is 11.0 Å². The van der Waals surface area contributed by atoms with E-state index in [9.17, 15) is 10.1 Å². The molecule has 0 radical (unpaired) electrons. The van der Waals surface area contributed by atoms with Gasteiger partial charge in [-0.1, -0.05) is 0 Å². The van der Waals surface area contributed by atoms with Crippen LogP contribution in [0.2, 0.25) is 0 Å². The van der Waals surface area contributed by atoms with Crippen LogP contribution in [0.3, 0.4) is 0 Å². The number of nitrogens with one attached hydrogen (secondary N) is 1. The number of hydrogen-bond donors (Lipinski definition) is 1. The summed E-state index contributed by atoms with van der Waals surface area (Å²) < 4.78 is 5.56. The Morgan fingerprint density at radius 1 is 1.65 bits per heavy atom. The molecule has 0 spiro atoms. The third-order valence-corrected chi connectivity index (χ3v) is 3.03. The molecule has 2 rings (SSSR count). The summed E-state index contributed by atoms with van der Waals surface area (Å²) in [6.45, 7) is 6.48. The highest BCUT2D eigenvalue weighted by atomic mass is 16.6. The minimum atomic E-state index is -0.443. The van der Waals surface area contributed by atoms with Crippen LogP contribution < -0.4 is 10.2 Å². The number of nitrogens with zero attached hydrogens (tertiary/aromatic N) is 4. The zero-order valence-electron chi connectivity index (χ0n) is 11.7. The lowest BCUT2D eigenvalue weighted by Crippen LogP contribution is -2.31. The average Bonchev–Trinajstić information content (AvgIpc) is 2.63. The van der Waals surface area contributed by atoms with E-state index in [0.29, 0.717) is 38.0 Å². The van der Waals surface area contributed by atoms with Crippen molar-refractivity contribution >= 4 is 17.5 Å². The van der Waals surface area contributed by atoms with E-state index in [2.05, 4.69) is 15.3 Å². The summed E-state index contributed by atoms with van der Waals surface area (Å²) in [4.78, 5) is 20.9. The van der Waals surface area contributed by atoms with Crippen LogP contribution >= 0.6 is 0 Å². The molecule has 1 aliphatic rings. The Kier molecular flexibility index (Phi) is 4.67. The summed E-state index contributed by atoms with van der Waals surface area (Å²) in [5.41, 5.74) is -0.0687. The van der Waals surface area contributed by atoms with Gasteiger partial charge in [-0.3, -0.25) is 10.1 Å². The Balaban J connectivity index is 2.34. The summed E-state index contributed by atoms with van der Waals surface area (Å²) in [5.74, 6) is 0.768. The number of ether oxygens (including phenoxy) is 1. The van der Waals surface area contributed by atoms with Crippen molar-refractivity contribution in [3.63, 3.8) is 0 Å². The third-order valence-electron chi connectivity index (χ3n) is 3.03. The molecule has 1 fully saturated rings. The monoisotopic (exact) mass is 281 g/mol. The lowest BCUT2D eigenvalue weighted by molar-refractivity contribution is -0.384. The first-order valence-electron chi connectivity index (χ1n) is 6.73. The lowest BCUT2D eigenvalue weighted by atomic mass is 10.3. The number of nitro groups is 1. The highest BCUT2D eigenvalue weighted by Crippen LogP contribution is 2.27. The molecular weight excluding hydrogens is 262 g/mol. The molecule has 0 aromatic carbocycles. The van der Waals surface area contributed by atoms with Gasteiger partial charge in [-0.25, -0.2) is 4.98 Å². The van der Waals surface area contributed by atoms with Crippen molar-refractivity contribution in [2.24, 2.45) is 0 Å². The highest BCUT2D eigenvalue weighted by molar-refractivity contribution is 5.59. The molecule has 1 unspecified atom stereocenters. The van der Waals surface area contributed by atoms with Crippen LogP contribution in [-0.4, -0.2) is 47.2 Å². The van der Waals surface area contributed by atoms with Crippen LogP contribution in [0.15, 0.2) is 6.20 Å². The summed E-state index contributed by atoms with van der Waals surface area (Å²) in [7, 11) is 0. The number of hydrogen-bond acceptors (Lipinski definition) is 7. The first-order valence-corrected chi connectivity index (χ1v) is 6.73. The van der Waals surface area contributed by atoms with E-state index < -0.39 is 4.92 Å². The van der Waals surface area contributed by atoms with Gasteiger partial charge in [-0.15, -0.1) is 0 Å². The van der Waals surface area contributed by atoms with Crippen molar-refractivity contribution in [2.45, 2.75) is 26.4 Å². The maximum Gasteiger partial charge on any atom is 0.329 e. The largest absolute Gasteiger partial charge is 0.377 e. The predicted octanol–water partition coefficient (Wildman–Crippen LogP) is 1.43. The van der Waals surface area contributed by atoms with Crippen LogP contribution in [0.4, 0.5) is 17.5 Å². The Morgan fingerprint density at radius 2 is 2.45 bits per heavy atom. The summed E-state index contributed by atoms with van der Waals surface area (Å²) >= 11 is 0. The molecule has 2 heterocycles. The zero-order valence-corrected chi connectivity index (χ0v) is 11.7. The molecule has 0 aliphatic carbocycles. The van der Waals surface area contributed by atoms with Crippen LogP contribution in [0.1, 0.15) is 20.3 Å². The first-order chi connectivity index (χ1) is 9.61. The minimum absolute atomic E-state index is 0.0228. The van der Waals surface area contributed by atoms with Gasteiger partial charge in [-0.2, -0.15) is 4.98 Å². The molecule has 0 bridgehead atoms. The molecule has 1 atom stereocenters. The lowest BCUT2D eigenvalue weighted by Gasteiger charge is -2.23. The molecule has 0 amide bonds. The summed E-state index contributed by atoms with van der Waals surface area (Å²) in [6, 6.07) is 0. The van der Waals surface area contributed by atoms with Crippen LogP contribution in [0, 0.1) is 10.1 Å². The Bertz CT molecular complexity index is 482. The fraction of sp³-hybridized carbons (Fsp3) is 0.667. The van der Waals surface area contributed by atoms with Crippen LogP contribution in [0.25, 0.3) is 0 Å². The Labute approximate surface area is 117 Å². The zero-order chi connectivity index (χ0) is 14.5. The molecule has 1 aromatic heterocycles. The van der Waals surface area contributed by atoms with Crippen LogP contribution in [-0.2, 0) is 4.74 Å². The number of rotatable bonds is 4. The number of aromatic nitrogens is 2. The van der Waals surface area contributed by atoms with Gasteiger partial charge in [0.2, 0.25) is 11.8 Å². The second kappa shape index (κ2) is 6.47. The minimum Gasteiger partial charge on any atom is -0.377 e. The molecule has 20 heavy (non-hydrogen) atoms. The second-order valence-electron chi connectivity index (χ2n) is 4.67. The van der Waals surface area contributed by atoms with Gasteiger partial charge < -0.3 is 15.0 Å². The van der Waals surface area contributed by atoms with E-state index in [-0.39, 0.29) is 11.8 Å². The van der Waals surface area contributed by atoms with Gasteiger partial charge in [0, 0.05) is 26.2 Å². The maximum atomic E-state index is 11.1. The summed E-state index contributed by atoms with van der Waals surface area (Å²) in [5, 5.41) is 14.1. The molecular formula is C12H19N5O3. The fourth-order valence-electron chi connectivity index (χ4n) is 2.16. The molecule has 0 saturated carbocycles. The molecule has 110 valence electrons. The highest BCUT2D eigenvalue weighted by Gasteiger charge is 2.25. The Hall–Kier alpha value is -1.96. The third kappa shape index (κ3) is 3.32. The second-order valence-corrected chi connectivity index (χ2v) is 4.67. The molecule has 1 saturated heterocycles. The van der Waals surface area contributed by atoms with Gasteiger partial charge >= 0.3 is 5.69 Å². The van der Waals surface area contributed by atoms with Crippen molar-refractivity contribution in [3.05, 3.63) is 16.3 Å². The molecule has 1 N–H and O–H groups in total. The predicted molar refractivity (Wildman–Crippen MR) is 75.1 cm³/mol. The standard InChI is InChI=1S/C12H19N5O3/c1-3-13-12-14-7-10(17(18)19)11(15-12)16-5-4-6-20-9(2)8-16/h7,9H,3-6,8H2,1-2H3,(H,13,14,15). The van der Waals surface area contributed by atoms with E-state index in [1.54, 1.807) is 0 Å². The van der Waals surface area contributed by atoms with Crippen molar-refractivity contribution in [2.75, 3.05) is 36.5 Å². The van der Waals surface area contributed by atoms with Crippen molar-refractivity contribution in [1.82, 2.24) is 9.97 Å². The number of anilines is 2. The quantitative estimate of drug-likeness (QED) is 0.659. The molecule has 1 aromatic rings. The van der Waals surface area contributed by atoms with E-state index in [0.717, 1.165) is 6.42 Å². The van der Waals surface area contributed by atoms with E-state index in [1.165, 1.54) is 6.20 Å². The van der Waals surface area contributed by atoms with Gasteiger partial charge in [0.1, 0.15) is 6.20 Å². The molecule has 1 aliphatic heterocycles. The van der Waals surface area contributed by atoms with Crippen molar-refractivity contribution in [1.29, 1.82) is 0 Å². The van der Waals surface area contributed by atoms with Gasteiger partial charge in [0.25, 0.3) is 0 Å². The van der Waals surface area contributed by atoms with E-state index >= 15 is 0 Å². The smallest absolute Gasteiger partial charge is 0.329 e. The molecule has 8 heteroatoms. The van der Waals surface area contributed by atoms with Crippen molar-refractivity contribution in [3.8, 4) is 0 Å². The maximum absolute atomic E-state index is 11.1. The van der Waals surface area contributed by atoms with Gasteiger partial charge in [-0.05, 0) is 20.3 Å². The van der Waals surface area contributed by atoms with Gasteiger partial charge in [0.15, 0.2) is 0 Å². The Morgan fingerprint density at radius 3 is 3.15 bits per heavy atom. The fourth-order valence-corrected chi connectivity index (χ4v) is 2.16. The average molecular weight is 281 g/mol. The molecule has 8 nitrogen and oxygen atoms in total.